The van der Waals surface area contributed by atoms with E-state index in [0.29, 0.717) is 29.8 Å². The summed E-state index contributed by atoms with van der Waals surface area (Å²) < 4.78 is 0. The quantitative estimate of drug-likeness (QED) is 0.857. The van der Waals surface area contributed by atoms with E-state index < -0.39 is 0 Å². The monoisotopic (exact) mass is 312 g/mol. The van der Waals surface area contributed by atoms with Gasteiger partial charge in [-0.25, -0.2) is 9.97 Å². The van der Waals surface area contributed by atoms with E-state index in [4.69, 9.17) is 0 Å². The Balaban J connectivity index is 2.21. The van der Waals surface area contributed by atoms with Gasteiger partial charge in [-0.3, -0.25) is 4.79 Å². The lowest BCUT2D eigenvalue weighted by atomic mass is 10.1. The van der Waals surface area contributed by atoms with Gasteiger partial charge in [0.25, 0.3) is 5.91 Å². The molecule has 0 atom stereocenters. The summed E-state index contributed by atoms with van der Waals surface area (Å²) in [7, 11) is 0. The summed E-state index contributed by atoms with van der Waals surface area (Å²) in [4.78, 5) is 20.8. The second-order valence-electron chi connectivity index (χ2n) is 5.93. The molecule has 0 saturated carbocycles. The molecule has 2 rings (SSSR count). The van der Waals surface area contributed by atoms with Crippen molar-refractivity contribution in [3.8, 4) is 0 Å². The SMILES string of the molecule is CCc1ccccc1Nc1cc(C(=O)NCC(C)C)nc(C)n1. The Bertz CT molecular complexity index is 682. The van der Waals surface area contributed by atoms with E-state index in [0.717, 1.165) is 12.1 Å². The van der Waals surface area contributed by atoms with E-state index in [9.17, 15) is 4.79 Å². The van der Waals surface area contributed by atoms with Gasteiger partial charge in [-0.1, -0.05) is 39.0 Å². The molecule has 0 aliphatic rings. The molecule has 122 valence electrons. The number of nitrogens with one attached hydrogen (secondary N) is 2. The number of aryl methyl sites for hydroxylation is 2. The van der Waals surface area contributed by atoms with Gasteiger partial charge in [-0.05, 0) is 30.9 Å². The number of carbonyl (C=O) groups excluding carboxylic acids is 1. The number of para-hydroxylation sites is 1. The fourth-order valence-corrected chi connectivity index (χ4v) is 2.22. The molecule has 5 heteroatoms. The van der Waals surface area contributed by atoms with Crippen LogP contribution >= 0.6 is 0 Å². The summed E-state index contributed by atoms with van der Waals surface area (Å²) in [6, 6.07) is 9.77. The molecule has 1 heterocycles. The maximum atomic E-state index is 12.2. The predicted molar refractivity (Wildman–Crippen MR) is 93.0 cm³/mol. The molecule has 1 aromatic heterocycles. The number of anilines is 2. The van der Waals surface area contributed by atoms with Crippen LogP contribution in [0, 0.1) is 12.8 Å². The number of benzene rings is 1. The van der Waals surface area contributed by atoms with Crippen molar-refractivity contribution in [3.05, 3.63) is 47.4 Å². The highest BCUT2D eigenvalue weighted by Gasteiger charge is 2.11. The smallest absolute Gasteiger partial charge is 0.270 e. The molecule has 0 radical (unpaired) electrons. The lowest BCUT2D eigenvalue weighted by molar-refractivity contribution is 0.0943. The van der Waals surface area contributed by atoms with E-state index in [1.54, 1.807) is 13.0 Å². The third-order valence-corrected chi connectivity index (χ3v) is 3.40. The van der Waals surface area contributed by atoms with Crippen LogP contribution in [0.4, 0.5) is 11.5 Å². The molecule has 0 bridgehead atoms. The van der Waals surface area contributed by atoms with E-state index >= 15 is 0 Å². The molecule has 0 aliphatic carbocycles. The van der Waals surface area contributed by atoms with Gasteiger partial charge in [0.15, 0.2) is 0 Å². The molecule has 0 unspecified atom stereocenters. The molecule has 2 aromatic rings. The second-order valence-corrected chi connectivity index (χ2v) is 5.93. The maximum Gasteiger partial charge on any atom is 0.270 e. The fourth-order valence-electron chi connectivity index (χ4n) is 2.22. The van der Waals surface area contributed by atoms with E-state index in [1.165, 1.54) is 5.56 Å². The minimum absolute atomic E-state index is 0.170. The van der Waals surface area contributed by atoms with Gasteiger partial charge in [0.1, 0.15) is 17.3 Å². The molecular weight excluding hydrogens is 288 g/mol. The maximum absolute atomic E-state index is 12.2. The Hall–Kier alpha value is -2.43. The van der Waals surface area contributed by atoms with Gasteiger partial charge in [0, 0.05) is 18.3 Å². The van der Waals surface area contributed by atoms with Crippen LogP contribution in [0.25, 0.3) is 0 Å². The van der Waals surface area contributed by atoms with Crippen LogP contribution in [-0.4, -0.2) is 22.4 Å². The number of hydrogen-bond acceptors (Lipinski definition) is 4. The van der Waals surface area contributed by atoms with Gasteiger partial charge in [0.05, 0.1) is 0 Å². The molecule has 0 fully saturated rings. The third-order valence-electron chi connectivity index (χ3n) is 3.40. The van der Waals surface area contributed by atoms with Crippen LogP contribution in [0.1, 0.15) is 42.6 Å². The lowest BCUT2D eigenvalue weighted by Crippen LogP contribution is -2.28. The van der Waals surface area contributed by atoms with Gasteiger partial charge in [0.2, 0.25) is 0 Å². The number of carbonyl (C=O) groups is 1. The summed E-state index contributed by atoms with van der Waals surface area (Å²) in [6.45, 7) is 8.64. The normalized spacial score (nSPS) is 10.7. The highest BCUT2D eigenvalue weighted by atomic mass is 16.1. The van der Waals surface area contributed by atoms with Crippen molar-refractivity contribution in [2.45, 2.75) is 34.1 Å². The fraction of sp³-hybridized carbons (Fsp3) is 0.389. The molecule has 0 spiro atoms. The Morgan fingerprint density at radius 1 is 1.22 bits per heavy atom. The Kier molecular flexibility index (Phi) is 5.68. The summed E-state index contributed by atoms with van der Waals surface area (Å²) >= 11 is 0. The molecule has 1 aromatic carbocycles. The van der Waals surface area contributed by atoms with Crippen molar-refractivity contribution >= 4 is 17.4 Å². The van der Waals surface area contributed by atoms with E-state index in [1.807, 2.05) is 18.2 Å². The van der Waals surface area contributed by atoms with Crippen molar-refractivity contribution in [1.82, 2.24) is 15.3 Å². The van der Waals surface area contributed by atoms with Crippen LogP contribution in [0.5, 0.6) is 0 Å². The average molecular weight is 312 g/mol. The van der Waals surface area contributed by atoms with Gasteiger partial charge < -0.3 is 10.6 Å². The third kappa shape index (κ3) is 4.77. The number of hydrogen-bond donors (Lipinski definition) is 2. The Labute approximate surface area is 137 Å². The van der Waals surface area contributed by atoms with Crippen molar-refractivity contribution in [2.75, 3.05) is 11.9 Å². The summed E-state index contributed by atoms with van der Waals surface area (Å²) in [5.41, 5.74) is 2.59. The zero-order valence-corrected chi connectivity index (χ0v) is 14.2. The van der Waals surface area contributed by atoms with Crippen LogP contribution in [0.2, 0.25) is 0 Å². The topological polar surface area (TPSA) is 66.9 Å². The number of nitrogens with zero attached hydrogens (tertiary/aromatic N) is 2. The summed E-state index contributed by atoms with van der Waals surface area (Å²) in [5.74, 6) is 1.43. The van der Waals surface area contributed by atoms with Crippen LogP contribution in [0.3, 0.4) is 0 Å². The van der Waals surface area contributed by atoms with Gasteiger partial charge in [-0.15, -0.1) is 0 Å². The van der Waals surface area contributed by atoms with Crippen LogP contribution < -0.4 is 10.6 Å². The molecule has 23 heavy (non-hydrogen) atoms. The Morgan fingerprint density at radius 3 is 2.65 bits per heavy atom. The largest absolute Gasteiger partial charge is 0.350 e. The van der Waals surface area contributed by atoms with Gasteiger partial charge >= 0.3 is 0 Å². The lowest BCUT2D eigenvalue weighted by Gasteiger charge is -2.12. The standard InChI is InChI=1S/C18H24N4O/c1-5-14-8-6-7-9-15(14)22-17-10-16(20-13(4)21-17)18(23)19-11-12(2)3/h6-10,12H,5,11H2,1-4H3,(H,19,23)(H,20,21,22). The number of aromatic nitrogens is 2. The minimum atomic E-state index is -0.170. The molecular formula is C18H24N4O. The average Bonchev–Trinajstić information content (AvgIpc) is 2.52. The highest BCUT2D eigenvalue weighted by Crippen LogP contribution is 2.20. The van der Waals surface area contributed by atoms with Crippen LogP contribution in [0.15, 0.2) is 30.3 Å². The number of rotatable bonds is 6. The highest BCUT2D eigenvalue weighted by molar-refractivity contribution is 5.93. The zero-order chi connectivity index (χ0) is 16.8. The van der Waals surface area contributed by atoms with E-state index in [-0.39, 0.29) is 5.91 Å². The molecule has 1 amide bonds. The first kappa shape index (κ1) is 16.9. The molecule has 5 nitrogen and oxygen atoms in total. The number of amides is 1. The first-order valence-corrected chi connectivity index (χ1v) is 7.98. The van der Waals surface area contributed by atoms with Gasteiger partial charge in [-0.2, -0.15) is 0 Å². The van der Waals surface area contributed by atoms with Crippen molar-refractivity contribution in [2.24, 2.45) is 5.92 Å². The van der Waals surface area contributed by atoms with Crippen LogP contribution in [-0.2, 0) is 6.42 Å². The molecule has 2 N–H and O–H groups in total. The van der Waals surface area contributed by atoms with E-state index in [2.05, 4.69) is 47.4 Å². The Morgan fingerprint density at radius 2 is 1.96 bits per heavy atom. The van der Waals surface area contributed by atoms with Crippen molar-refractivity contribution < 1.29 is 4.79 Å². The second kappa shape index (κ2) is 7.72. The molecule has 0 aliphatic heterocycles. The zero-order valence-electron chi connectivity index (χ0n) is 14.2. The predicted octanol–water partition coefficient (Wildman–Crippen LogP) is 3.48. The van der Waals surface area contributed by atoms with Crippen molar-refractivity contribution in [1.29, 1.82) is 0 Å². The summed E-state index contributed by atoms with van der Waals surface area (Å²) in [6.07, 6.45) is 0.926. The molecule has 0 saturated heterocycles. The first-order valence-electron chi connectivity index (χ1n) is 7.98. The van der Waals surface area contributed by atoms with Crippen molar-refractivity contribution in [3.63, 3.8) is 0 Å². The summed E-state index contributed by atoms with van der Waals surface area (Å²) in [5, 5.41) is 6.18. The minimum Gasteiger partial charge on any atom is -0.350 e. The first-order chi connectivity index (χ1) is 11.0.